The lowest BCUT2D eigenvalue weighted by molar-refractivity contribution is -0.00459. The molecule has 1 unspecified atom stereocenters. The molecular formula is C10H17N3O2. The first-order chi connectivity index (χ1) is 7.07. The van der Waals surface area contributed by atoms with Crippen LogP contribution < -0.4 is 5.73 Å². The summed E-state index contributed by atoms with van der Waals surface area (Å²) in [7, 11) is 0. The summed E-state index contributed by atoms with van der Waals surface area (Å²) in [5.41, 5.74) is 5.31. The van der Waals surface area contributed by atoms with Gasteiger partial charge in [-0.2, -0.15) is 4.98 Å². The zero-order chi connectivity index (χ0) is 10.9. The van der Waals surface area contributed by atoms with Crippen molar-refractivity contribution in [2.45, 2.75) is 44.8 Å². The smallest absolute Gasteiger partial charge is 0.255 e. The van der Waals surface area contributed by atoms with Crippen LogP contribution in [0.15, 0.2) is 4.52 Å². The van der Waals surface area contributed by atoms with E-state index in [2.05, 4.69) is 10.1 Å². The average Bonchev–Trinajstić information content (AvgIpc) is 2.67. The van der Waals surface area contributed by atoms with Crippen LogP contribution in [0.25, 0.3) is 0 Å². The zero-order valence-corrected chi connectivity index (χ0v) is 9.19. The molecule has 1 saturated heterocycles. The van der Waals surface area contributed by atoms with Gasteiger partial charge in [0.2, 0.25) is 0 Å². The van der Waals surface area contributed by atoms with Gasteiger partial charge in [-0.3, -0.25) is 0 Å². The summed E-state index contributed by atoms with van der Waals surface area (Å²) in [6.45, 7) is 4.47. The number of hydrogen-bond donors (Lipinski definition) is 1. The number of nitrogens with two attached hydrogens (primary N) is 1. The summed E-state index contributed by atoms with van der Waals surface area (Å²) in [6, 6.07) is 0. The van der Waals surface area contributed by atoms with Gasteiger partial charge in [0.1, 0.15) is 6.10 Å². The number of ether oxygens (including phenoxy) is 1. The molecule has 84 valence electrons. The Kier molecular flexibility index (Phi) is 2.75. The van der Waals surface area contributed by atoms with Crippen molar-refractivity contribution in [1.82, 2.24) is 10.1 Å². The zero-order valence-electron chi connectivity index (χ0n) is 9.19. The van der Waals surface area contributed by atoms with Crippen LogP contribution in [0.5, 0.6) is 0 Å². The maximum atomic E-state index is 5.87. The highest BCUT2D eigenvalue weighted by Crippen LogP contribution is 2.27. The summed E-state index contributed by atoms with van der Waals surface area (Å²) in [5, 5.41) is 3.87. The van der Waals surface area contributed by atoms with E-state index in [0.29, 0.717) is 11.7 Å². The number of rotatable bonds is 2. The predicted molar refractivity (Wildman–Crippen MR) is 54.1 cm³/mol. The molecule has 1 atom stereocenters. The minimum atomic E-state index is -0.559. The van der Waals surface area contributed by atoms with Gasteiger partial charge < -0.3 is 15.0 Å². The fourth-order valence-corrected chi connectivity index (χ4v) is 1.56. The molecule has 15 heavy (non-hydrogen) atoms. The fraction of sp³-hybridized carbons (Fsp3) is 0.800. The van der Waals surface area contributed by atoms with Gasteiger partial charge >= 0.3 is 0 Å². The lowest BCUT2D eigenvalue weighted by Crippen LogP contribution is -2.30. The molecule has 2 rings (SSSR count). The normalized spacial score (nSPS) is 23.0. The molecule has 5 nitrogen and oxygen atoms in total. The third-order valence-electron chi connectivity index (χ3n) is 2.47. The third-order valence-corrected chi connectivity index (χ3v) is 2.47. The molecule has 0 saturated carbocycles. The molecule has 0 bridgehead atoms. The standard InChI is InChI=1S/C10H17N3O2/c1-10(2,11)9-12-8(15-13-9)7-5-3-4-6-14-7/h7H,3-6,11H2,1-2H3. The fourth-order valence-electron chi connectivity index (χ4n) is 1.56. The molecule has 0 amide bonds. The Morgan fingerprint density at radius 2 is 2.20 bits per heavy atom. The van der Waals surface area contributed by atoms with Crippen LogP contribution in [0.3, 0.4) is 0 Å². The largest absolute Gasteiger partial charge is 0.368 e. The van der Waals surface area contributed by atoms with E-state index in [0.717, 1.165) is 25.9 Å². The first-order valence-electron chi connectivity index (χ1n) is 5.32. The molecule has 0 aliphatic carbocycles. The number of nitrogens with zero attached hydrogens (tertiary/aromatic N) is 2. The summed E-state index contributed by atoms with van der Waals surface area (Å²) in [4.78, 5) is 4.28. The van der Waals surface area contributed by atoms with Gasteiger partial charge in [0.15, 0.2) is 5.82 Å². The molecule has 1 aliphatic rings. The molecule has 0 spiro atoms. The number of hydrogen-bond acceptors (Lipinski definition) is 5. The van der Waals surface area contributed by atoms with E-state index < -0.39 is 5.54 Å². The predicted octanol–water partition coefficient (Wildman–Crippen LogP) is 1.50. The van der Waals surface area contributed by atoms with Crippen LogP contribution >= 0.6 is 0 Å². The summed E-state index contributed by atoms with van der Waals surface area (Å²) < 4.78 is 10.7. The Labute approximate surface area is 89.0 Å². The minimum Gasteiger partial charge on any atom is -0.368 e. The second kappa shape index (κ2) is 3.90. The van der Waals surface area contributed by atoms with E-state index in [4.69, 9.17) is 15.0 Å². The van der Waals surface area contributed by atoms with E-state index in [1.54, 1.807) is 0 Å². The van der Waals surface area contributed by atoms with Crippen LogP contribution in [0.4, 0.5) is 0 Å². The minimum absolute atomic E-state index is 0.0395. The molecule has 0 radical (unpaired) electrons. The third kappa shape index (κ3) is 2.35. The van der Waals surface area contributed by atoms with Gasteiger partial charge in [0, 0.05) is 6.61 Å². The summed E-state index contributed by atoms with van der Waals surface area (Å²) in [5.74, 6) is 1.09. The first-order valence-corrected chi connectivity index (χ1v) is 5.32. The maximum Gasteiger partial charge on any atom is 0.255 e. The van der Waals surface area contributed by atoms with E-state index in [1.165, 1.54) is 0 Å². The van der Waals surface area contributed by atoms with Gasteiger partial charge in [0.05, 0.1) is 5.54 Å². The molecule has 1 aliphatic heterocycles. The van der Waals surface area contributed by atoms with Crippen molar-refractivity contribution >= 4 is 0 Å². The SMILES string of the molecule is CC(C)(N)c1noc(C2CCCCO2)n1. The highest BCUT2D eigenvalue weighted by molar-refractivity contribution is 5.00. The van der Waals surface area contributed by atoms with Crippen molar-refractivity contribution in [2.75, 3.05) is 6.61 Å². The first kappa shape index (κ1) is 10.6. The van der Waals surface area contributed by atoms with Gasteiger partial charge in [-0.15, -0.1) is 0 Å². The summed E-state index contributed by atoms with van der Waals surface area (Å²) >= 11 is 0. The molecule has 1 aromatic heterocycles. The lowest BCUT2D eigenvalue weighted by atomic mass is 10.1. The molecule has 0 aromatic carbocycles. The van der Waals surface area contributed by atoms with Crippen molar-refractivity contribution in [3.05, 3.63) is 11.7 Å². The lowest BCUT2D eigenvalue weighted by Gasteiger charge is -2.18. The molecule has 2 heterocycles. The van der Waals surface area contributed by atoms with Gasteiger partial charge in [-0.1, -0.05) is 5.16 Å². The van der Waals surface area contributed by atoms with Crippen LogP contribution in [-0.2, 0) is 10.3 Å². The van der Waals surface area contributed by atoms with Gasteiger partial charge in [0.25, 0.3) is 5.89 Å². The molecule has 5 heteroatoms. The van der Waals surface area contributed by atoms with Crippen molar-refractivity contribution in [3.8, 4) is 0 Å². The number of aromatic nitrogens is 2. The van der Waals surface area contributed by atoms with Crippen LogP contribution in [-0.4, -0.2) is 16.7 Å². The highest BCUT2D eigenvalue weighted by atomic mass is 16.5. The second-order valence-corrected chi connectivity index (χ2v) is 4.53. The molecular weight excluding hydrogens is 194 g/mol. The second-order valence-electron chi connectivity index (χ2n) is 4.53. The van der Waals surface area contributed by atoms with Crippen LogP contribution in [0, 0.1) is 0 Å². The van der Waals surface area contributed by atoms with E-state index >= 15 is 0 Å². The van der Waals surface area contributed by atoms with Crippen molar-refractivity contribution in [2.24, 2.45) is 5.73 Å². The molecule has 1 fully saturated rings. The Bertz CT molecular complexity index is 324. The Morgan fingerprint density at radius 3 is 2.73 bits per heavy atom. The Balaban J connectivity index is 2.12. The maximum absolute atomic E-state index is 5.87. The average molecular weight is 211 g/mol. The van der Waals surface area contributed by atoms with Crippen LogP contribution in [0.1, 0.15) is 50.9 Å². The van der Waals surface area contributed by atoms with E-state index in [1.807, 2.05) is 13.8 Å². The quantitative estimate of drug-likeness (QED) is 0.802. The Morgan fingerprint density at radius 1 is 1.40 bits per heavy atom. The molecule has 1 aromatic rings. The van der Waals surface area contributed by atoms with Crippen LogP contribution in [0.2, 0.25) is 0 Å². The van der Waals surface area contributed by atoms with Crippen molar-refractivity contribution in [3.63, 3.8) is 0 Å². The topological polar surface area (TPSA) is 74.2 Å². The Hall–Kier alpha value is -0.940. The van der Waals surface area contributed by atoms with E-state index in [9.17, 15) is 0 Å². The van der Waals surface area contributed by atoms with Gasteiger partial charge in [-0.25, -0.2) is 0 Å². The van der Waals surface area contributed by atoms with Gasteiger partial charge in [-0.05, 0) is 33.1 Å². The van der Waals surface area contributed by atoms with Crippen molar-refractivity contribution in [1.29, 1.82) is 0 Å². The highest BCUT2D eigenvalue weighted by Gasteiger charge is 2.26. The summed E-state index contributed by atoms with van der Waals surface area (Å²) in [6.07, 6.45) is 3.17. The monoisotopic (exact) mass is 211 g/mol. The molecule has 2 N–H and O–H groups in total. The van der Waals surface area contributed by atoms with Crippen molar-refractivity contribution < 1.29 is 9.26 Å². The van der Waals surface area contributed by atoms with E-state index in [-0.39, 0.29) is 6.10 Å².